The molecule has 0 spiro atoms. The van der Waals surface area contributed by atoms with Gasteiger partial charge in [0.2, 0.25) is 5.82 Å². The van der Waals surface area contributed by atoms with E-state index in [4.69, 9.17) is 11.0 Å². The van der Waals surface area contributed by atoms with Gasteiger partial charge in [0.05, 0.1) is 17.4 Å². The lowest BCUT2D eigenvalue weighted by Gasteiger charge is -2.22. The average molecular weight is 283 g/mol. The van der Waals surface area contributed by atoms with Gasteiger partial charge in [0.15, 0.2) is 0 Å². The molecule has 1 heterocycles. The Bertz CT molecular complexity index is 682. The Morgan fingerprint density at radius 1 is 1.29 bits per heavy atom. The highest BCUT2D eigenvalue weighted by molar-refractivity contribution is 5.65. The lowest BCUT2D eigenvalue weighted by atomic mass is 10.2. The van der Waals surface area contributed by atoms with E-state index in [-0.39, 0.29) is 11.5 Å². The van der Waals surface area contributed by atoms with Crippen LogP contribution in [0.3, 0.4) is 0 Å². The normalized spacial score (nSPS) is 9.86. The molecule has 2 aromatic rings. The zero-order valence-corrected chi connectivity index (χ0v) is 11.1. The van der Waals surface area contributed by atoms with Crippen molar-refractivity contribution in [3.63, 3.8) is 0 Å². The minimum absolute atomic E-state index is 0.143. The van der Waals surface area contributed by atoms with Crippen LogP contribution in [-0.4, -0.2) is 16.5 Å². The molecule has 0 amide bonds. The van der Waals surface area contributed by atoms with Crippen molar-refractivity contribution in [1.29, 1.82) is 5.26 Å². The molecule has 1 aromatic carbocycles. The van der Waals surface area contributed by atoms with Crippen LogP contribution < -0.4 is 10.6 Å². The number of nitriles is 1. The van der Waals surface area contributed by atoms with Crippen molar-refractivity contribution in [2.24, 2.45) is 0 Å². The molecular weight excluding hydrogens is 270 g/mol. The first kappa shape index (κ1) is 14.3. The van der Waals surface area contributed by atoms with Crippen LogP contribution in [0.5, 0.6) is 0 Å². The third kappa shape index (κ3) is 3.25. The molecule has 0 saturated carbocycles. The van der Waals surface area contributed by atoms with Crippen molar-refractivity contribution in [3.05, 3.63) is 52.6 Å². The summed E-state index contributed by atoms with van der Waals surface area (Å²) < 4.78 is 0. The summed E-state index contributed by atoms with van der Waals surface area (Å²) in [6.45, 7) is 0.421. The van der Waals surface area contributed by atoms with Crippen molar-refractivity contribution < 1.29 is 4.92 Å². The topological polar surface area (TPSA) is 109 Å². The van der Waals surface area contributed by atoms with Crippen LogP contribution in [-0.2, 0) is 0 Å². The number of anilines is 3. The van der Waals surface area contributed by atoms with Crippen LogP contribution in [0, 0.1) is 21.4 Å². The number of pyridine rings is 1. The summed E-state index contributed by atoms with van der Waals surface area (Å²) in [5, 5.41) is 19.5. The number of nitro groups is 1. The van der Waals surface area contributed by atoms with Crippen LogP contribution in [0.1, 0.15) is 6.42 Å². The van der Waals surface area contributed by atoms with E-state index < -0.39 is 4.92 Å². The van der Waals surface area contributed by atoms with Crippen LogP contribution >= 0.6 is 0 Å². The fourth-order valence-electron chi connectivity index (χ4n) is 1.91. The number of nitrogen functional groups attached to an aromatic ring is 1. The van der Waals surface area contributed by atoms with Crippen molar-refractivity contribution in [1.82, 2.24) is 4.98 Å². The van der Waals surface area contributed by atoms with E-state index in [0.717, 1.165) is 5.69 Å². The van der Waals surface area contributed by atoms with Gasteiger partial charge in [0, 0.05) is 18.3 Å². The van der Waals surface area contributed by atoms with Gasteiger partial charge in [0.25, 0.3) is 0 Å². The summed E-state index contributed by atoms with van der Waals surface area (Å²) in [6, 6.07) is 14.3. The molecule has 0 aliphatic rings. The van der Waals surface area contributed by atoms with Gasteiger partial charge in [-0.3, -0.25) is 10.1 Å². The highest BCUT2D eigenvalue weighted by atomic mass is 16.6. The average Bonchev–Trinajstić information content (AvgIpc) is 2.48. The second-order valence-corrected chi connectivity index (χ2v) is 4.23. The van der Waals surface area contributed by atoms with Crippen molar-refractivity contribution >= 4 is 23.0 Å². The second-order valence-electron chi connectivity index (χ2n) is 4.23. The minimum atomic E-state index is -0.575. The Balaban J connectivity index is 2.40. The van der Waals surface area contributed by atoms with E-state index in [2.05, 4.69) is 11.1 Å². The van der Waals surface area contributed by atoms with E-state index in [0.29, 0.717) is 18.8 Å². The first-order valence-corrected chi connectivity index (χ1v) is 6.24. The van der Waals surface area contributed by atoms with E-state index >= 15 is 0 Å². The largest absolute Gasteiger partial charge is 0.378 e. The highest BCUT2D eigenvalue weighted by Crippen LogP contribution is 2.28. The number of para-hydroxylation sites is 1. The Morgan fingerprint density at radius 2 is 2.00 bits per heavy atom. The van der Waals surface area contributed by atoms with Crippen LogP contribution in [0.2, 0.25) is 0 Å². The molecule has 7 heteroatoms. The molecular formula is C14H13N5O2. The molecule has 0 saturated heterocycles. The number of benzene rings is 1. The van der Waals surface area contributed by atoms with Crippen molar-refractivity contribution in [3.8, 4) is 6.07 Å². The quantitative estimate of drug-likeness (QED) is 0.667. The van der Waals surface area contributed by atoms with Gasteiger partial charge < -0.3 is 10.6 Å². The van der Waals surface area contributed by atoms with Gasteiger partial charge in [-0.1, -0.05) is 18.2 Å². The molecule has 2 rings (SSSR count). The summed E-state index contributed by atoms with van der Waals surface area (Å²) >= 11 is 0. The van der Waals surface area contributed by atoms with E-state index in [1.165, 1.54) is 12.1 Å². The molecule has 0 aliphatic heterocycles. The van der Waals surface area contributed by atoms with Crippen molar-refractivity contribution in [2.45, 2.75) is 6.42 Å². The molecule has 21 heavy (non-hydrogen) atoms. The summed E-state index contributed by atoms with van der Waals surface area (Å²) in [5.41, 5.74) is 6.23. The first-order valence-electron chi connectivity index (χ1n) is 6.24. The molecule has 0 aliphatic carbocycles. The fourth-order valence-corrected chi connectivity index (χ4v) is 1.91. The predicted octanol–water partition coefficient (Wildman–Crippen LogP) is 2.62. The number of hydrogen-bond acceptors (Lipinski definition) is 6. The standard InChI is InChI=1S/C14H13N5O2/c15-9-4-10-18(11-5-2-1-3-6-11)13-8-7-12(19(20)21)14(16)17-13/h1-3,5-8H,4,10H2,(H2,16,17). The maximum atomic E-state index is 10.8. The molecule has 106 valence electrons. The Morgan fingerprint density at radius 3 is 2.57 bits per heavy atom. The zero-order valence-electron chi connectivity index (χ0n) is 11.1. The zero-order chi connectivity index (χ0) is 15.2. The number of hydrogen-bond donors (Lipinski definition) is 1. The lowest BCUT2D eigenvalue weighted by molar-refractivity contribution is -0.384. The van der Waals surface area contributed by atoms with E-state index in [1.54, 1.807) is 4.90 Å². The number of nitrogens with two attached hydrogens (primary N) is 1. The van der Waals surface area contributed by atoms with Crippen molar-refractivity contribution in [2.75, 3.05) is 17.2 Å². The molecule has 7 nitrogen and oxygen atoms in total. The maximum Gasteiger partial charge on any atom is 0.311 e. The SMILES string of the molecule is N#CCCN(c1ccccc1)c1ccc([N+](=O)[O-])c(N)n1. The lowest BCUT2D eigenvalue weighted by Crippen LogP contribution is -2.19. The molecule has 1 aromatic heterocycles. The molecule has 0 fully saturated rings. The van der Waals surface area contributed by atoms with Gasteiger partial charge in [-0.05, 0) is 18.2 Å². The third-order valence-electron chi connectivity index (χ3n) is 2.88. The molecule has 0 atom stereocenters. The van der Waals surface area contributed by atoms with Crippen LogP contribution in [0.4, 0.5) is 23.0 Å². The Labute approximate surface area is 121 Å². The van der Waals surface area contributed by atoms with Crippen LogP contribution in [0.25, 0.3) is 0 Å². The highest BCUT2D eigenvalue weighted by Gasteiger charge is 2.17. The predicted molar refractivity (Wildman–Crippen MR) is 79.0 cm³/mol. The Kier molecular flexibility index (Phi) is 4.31. The Hall–Kier alpha value is -3.14. The summed E-state index contributed by atoms with van der Waals surface area (Å²) in [7, 11) is 0. The number of nitrogens with zero attached hydrogens (tertiary/aromatic N) is 4. The first-order chi connectivity index (χ1) is 10.1. The van der Waals surface area contributed by atoms with Gasteiger partial charge in [-0.25, -0.2) is 4.98 Å². The fraction of sp³-hybridized carbons (Fsp3) is 0.143. The molecule has 0 bridgehead atoms. The number of aromatic nitrogens is 1. The third-order valence-corrected chi connectivity index (χ3v) is 2.88. The summed E-state index contributed by atoms with van der Waals surface area (Å²) in [6.07, 6.45) is 0.299. The maximum absolute atomic E-state index is 10.8. The molecule has 0 radical (unpaired) electrons. The van der Waals surface area contributed by atoms with Crippen LogP contribution in [0.15, 0.2) is 42.5 Å². The summed E-state index contributed by atoms with van der Waals surface area (Å²) in [4.78, 5) is 16.1. The van der Waals surface area contributed by atoms with E-state index in [1.807, 2.05) is 30.3 Å². The minimum Gasteiger partial charge on any atom is -0.378 e. The van der Waals surface area contributed by atoms with Gasteiger partial charge in [-0.15, -0.1) is 0 Å². The number of rotatable bonds is 5. The smallest absolute Gasteiger partial charge is 0.311 e. The van der Waals surface area contributed by atoms with E-state index in [9.17, 15) is 10.1 Å². The summed E-state index contributed by atoms with van der Waals surface area (Å²) in [5.74, 6) is 0.329. The second kappa shape index (κ2) is 6.34. The monoisotopic (exact) mass is 283 g/mol. The van der Waals surface area contributed by atoms with Gasteiger partial charge in [0.1, 0.15) is 5.82 Å². The van der Waals surface area contributed by atoms with Gasteiger partial charge in [-0.2, -0.15) is 5.26 Å². The molecule has 0 unspecified atom stereocenters. The van der Waals surface area contributed by atoms with Gasteiger partial charge >= 0.3 is 5.69 Å². The molecule has 2 N–H and O–H groups in total.